The number of aliphatic hydroxyl groups excluding tert-OH is 1. The number of hydrogen-bond donors (Lipinski definition) is 4. The number of aliphatic carboxylic acids is 1. The van der Waals surface area contributed by atoms with Gasteiger partial charge in [-0.25, -0.2) is 9.59 Å². The monoisotopic (exact) mass is 273 g/mol. The maximum Gasteiger partial charge on any atom is 0.326 e. The second-order valence-corrected chi connectivity index (χ2v) is 4.95. The summed E-state index contributed by atoms with van der Waals surface area (Å²) in [5.41, 5.74) is 4.50. The van der Waals surface area contributed by atoms with Gasteiger partial charge in [0.2, 0.25) is 5.91 Å². The Hall–Kier alpha value is -1.83. The van der Waals surface area contributed by atoms with Crippen LogP contribution in [0.4, 0.5) is 4.79 Å². The number of likely N-dealkylation sites (tertiary alicyclic amines) is 1. The largest absolute Gasteiger partial charge is 0.480 e. The van der Waals surface area contributed by atoms with Gasteiger partial charge in [-0.3, -0.25) is 4.79 Å². The number of carboxylic acids is 1. The Balaban J connectivity index is 2.60. The van der Waals surface area contributed by atoms with Crippen molar-refractivity contribution in [2.75, 3.05) is 19.7 Å². The van der Waals surface area contributed by atoms with Gasteiger partial charge in [0, 0.05) is 26.1 Å². The second-order valence-electron chi connectivity index (χ2n) is 4.95. The van der Waals surface area contributed by atoms with Crippen molar-refractivity contribution >= 4 is 17.9 Å². The molecule has 1 rings (SSSR count). The Bertz CT molecular complexity index is 387. The smallest absolute Gasteiger partial charge is 0.326 e. The van der Waals surface area contributed by atoms with Gasteiger partial charge in [0.25, 0.3) is 0 Å². The van der Waals surface area contributed by atoms with Gasteiger partial charge in [-0.1, -0.05) is 0 Å². The fourth-order valence-electron chi connectivity index (χ4n) is 1.96. The summed E-state index contributed by atoms with van der Waals surface area (Å²) in [7, 11) is 0. The molecule has 1 fully saturated rings. The number of hydrogen-bond acceptors (Lipinski definition) is 4. The molecule has 0 aromatic carbocycles. The van der Waals surface area contributed by atoms with E-state index in [-0.39, 0.29) is 19.6 Å². The summed E-state index contributed by atoms with van der Waals surface area (Å²) in [5.74, 6) is -1.69. The third-order valence-corrected chi connectivity index (χ3v) is 3.37. The van der Waals surface area contributed by atoms with E-state index in [0.717, 1.165) is 0 Å². The fraction of sp³-hybridized carbons (Fsp3) is 0.727. The first kappa shape index (κ1) is 15.2. The van der Waals surface area contributed by atoms with E-state index in [2.05, 4.69) is 5.32 Å². The van der Waals surface area contributed by atoms with Gasteiger partial charge in [-0.15, -0.1) is 0 Å². The normalized spacial score (nSPS) is 24.0. The number of aliphatic hydroxyl groups is 1. The maximum atomic E-state index is 11.9. The number of carboxylic acid groups (broad SMARTS) is 1. The zero-order valence-electron chi connectivity index (χ0n) is 10.8. The van der Waals surface area contributed by atoms with Crippen LogP contribution in [0.1, 0.15) is 19.8 Å². The summed E-state index contributed by atoms with van der Waals surface area (Å²) in [6, 6.07) is -1.70. The lowest BCUT2D eigenvalue weighted by atomic mass is 9.89. The third-order valence-electron chi connectivity index (χ3n) is 3.37. The van der Waals surface area contributed by atoms with Crippen LogP contribution in [0.5, 0.6) is 0 Å². The van der Waals surface area contributed by atoms with Crippen molar-refractivity contribution in [1.82, 2.24) is 10.2 Å². The third kappa shape index (κ3) is 3.57. The van der Waals surface area contributed by atoms with Crippen LogP contribution in [0.25, 0.3) is 0 Å². The number of nitrogens with two attached hydrogens (primary N) is 1. The summed E-state index contributed by atoms with van der Waals surface area (Å²) in [5, 5.41) is 19.9. The van der Waals surface area contributed by atoms with Crippen molar-refractivity contribution in [2.24, 2.45) is 11.1 Å². The fourth-order valence-corrected chi connectivity index (χ4v) is 1.96. The number of urea groups is 1. The van der Waals surface area contributed by atoms with Crippen molar-refractivity contribution in [3.05, 3.63) is 0 Å². The lowest BCUT2D eigenvalue weighted by Crippen LogP contribution is -2.48. The van der Waals surface area contributed by atoms with E-state index >= 15 is 0 Å². The first-order valence-electron chi connectivity index (χ1n) is 5.99. The molecule has 1 heterocycles. The van der Waals surface area contributed by atoms with Crippen molar-refractivity contribution in [1.29, 1.82) is 0 Å². The Morgan fingerprint density at radius 1 is 1.47 bits per heavy atom. The molecule has 2 atom stereocenters. The van der Waals surface area contributed by atoms with Crippen LogP contribution in [-0.4, -0.2) is 58.8 Å². The molecule has 3 amide bonds. The number of carbonyl (C=O) groups is 3. The van der Waals surface area contributed by atoms with Crippen LogP contribution in [-0.2, 0) is 9.59 Å². The predicted molar refractivity (Wildman–Crippen MR) is 65.1 cm³/mol. The van der Waals surface area contributed by atoms with Gasteiger partial charge >= 0.3 is 12.0 Å². The lowest BCUT2D eigenvalue weighted by Gasteiger charge is -2.23. The van der Waals surface area contributed by atoms with Crippen molar-refractivity contribution < 1.29 is 24.6 Å². The number of primary amides is 1. The maximum absolute atomic E-state index is 11.9. The Labute approximate surface area is 110 Å². The Morgan fingerprint density at radius 3 is 2.53 bits per heavy atom. The topological polar surface area (TPSA) is 133 Å². The second kappa shape index (κ2) is 5.87. The quantitative estimate of drug-likeness (QED) is 0.495. The van der Waals surface area contributed by atoms with Crippen molar-refractivity contribution in [2.45, 2.75) is 25.8 Å². The molecule has 1 saturated heterocycles. The summed E-state index contributed by atoms with van der Waals surface area (Å²) < 4.78 is 0. The van der Waals surface area contributed by atoms with E-state index in [1.165, 1.54) is 4.90 Å². The summed E-state index contributed by atoms with van der Waals surface area (Å²) in [6.45, 7) is 1.84. The molecule has 0 aromatic rings. The van der Waals surface area contributed by atoms with E-state index in [0.29, 0.717) is 13.0 Å². The van der Waals surface area contributed by atoms with Crippen molar-refractivity contribution in [3.8, 4) is 0 Å². The lowest BCUT2D eigenvalue weighted by molar-refractivity contribution is -0.139. The molecule has 1 unspecified atom stereocenters. The summed E-state index contributed by atoms with van der Waals surface area (Å²) in [6.07, 6.45) is 0.384. The highest BCUT2D eigenvalue weighted by molar-refractivity contribution is 5.85. The molecule has 0 spiro atoms. The van der Waals surface area contributed by atoms with Gasteiger partial charge in [0.15, 0.2) is 0 Å². The average Bonchev–Trinajstić information content (AvgIpc) is 2.72. The molecular weight excluding hydrogens is 254 g/mol. The molecule has 1 aliphatic rings. The molecule has 0 bridgehead atoms. The molecule has 19 heavy (non-hydrogen) atoms. The molecule has 0 aliphatic carbocycles. The Morgan fingerprint density at radius 2 is 2.11 bits per heavy atom. The highest BCUT2D eigenvalue weighted by Gasteiger charge is 2.41. The highest BCUT2D eigenvalue weighted by atomic mass is 16.4. The van der Waals surface area contributed by atoms with E-state index in [4.69, 9.17) is 15.9 Å². The van der Waals surface area contributed by atoms with Crippen LogP contribution in [0.15, 0.2) is 0 Å². The van der Waals surface area contributed by atoms with Crippen LogP contribution in [0.2, 0.25) is 0 Å². The SMILES string of the molecule is CC1(C(N)=O)CCN(C(=O)N[C@@H](CCO)C(=O)O)C1. The summed E-state index contributed by atoms with van der Waals surface area (Å²) in [4.78, 5) is 35.3. The van der Waals surface area contributed by atoms with Crippen LogP contribution in [0.3, 0.4) is 0 Å². The first-order chi connectivity index (χ1) is 8.80. The van der Waals surface area contributed by atoms with Crippen LogP contribution < -0.4 is 11.1 Å². The van der Waals surface area contributed by atoms with Gasteiger partial charge in [0.1, 0.15) is 6.04 Å². The molecule has 1 aliphatic heterocycles. The molecule has 5 N–H and O–H groups in total. The van der Waals surface area contributed by atoms with Gasteiger partial charge < -0.3 is 26.2 Å². The van der Waals surface area contributed by atoms with E-state index in [1.807, 2.05) is 0 Å². The van der Waals surface area contributed by atoms with Crippen molar-refractivity contribution in [3.63, 3.8) is 0 Å². The first-order valence-corrected chi connectivity index (χ1v) is 5.99. The zero-order valence-corrected chi connectivity index (χ0v) is 10.8. The number of rotatable bonds is 5. The molecular formula is C11H19N3O5. The zero-order chi connectivity index (χ0) is 14.6. The van der Waals surface area contributed by atoms with E-state index in [1.54, 1.807) is 6.92 Å². The Kier molecular flexibility index (Phi) is 4.71. The number of nitrogens with zero attached hydrogens (tertiary/aromatic N) is 1. The number of amides is 3. The average molecular weight is 273 g/mol. The van der Waals surface area contributed by atoms with Crippen LogP contribution >= 0.6 is 0 Å². The van der Waals surface area contributed by atoms with Gasteiger partial charge in [-0.05, 0) is 13.3 Å². The number of carbonyl (C=O) groups excluding carboxylic acids is 2. The van der Waals surface area contributed by atoms with Gasteiger partial charge in [0.05, 0.1) is 5.41 Å². The van der Waals surface area contributed by atoms with E-state index in [9.17, 15) is 14.4 Å². The standard InChI is InChI=1S/C11H19N3O5/c1-11(9(12)18)3-4-14(6-11)10(19)13-7(2-5-15)8(16)17/h7,15H,2-6H2,1H3,(H2,12,18)(H,13,19)(H,16,17)/t7-,11?/m0/s1. The minimum Gasteiger partial charge on any atom is -0.480 e. The van der Waals surface area contributed by atoms with Gasteiger partial charge in [-0.2, -0.15) is 0 Å². The molecule has 0 saturated carbocycles. The summed E-state index contributed by atoms with van der Waals surface area (Å²) >= 11 is 0. The van der Waals surface area contributed by atoms with E-state index < -0.39 is 29.4 Å². The van der Waals surface area contributed by atoms with Crippen LogP contribution in [0, 0.1) is 5.41 Å². The molecule has 108 valence electrons. The molecule has 8 heteroatoms. The molecule has 0 aromatic heterocycles. The predicted octanol–water partition coefficient (Wildman–Crippen LogP) is -1.27. The molecule has 8 nitrogen and oxygen atoms in total. The minimum atomic E-state index is -1.21. The highest BCUT2D eigenvalue weighted by Crippen LogP contribution is 2.29. The minimum absolute atomic E-state index is 0.0675. The molecule has 0 radical (unpaired) electrons. The number of nitrogens with one attached hydrogen (secondary N) is 1.